The molecule has 6 heteroatoms. The molecular formula is C27H31NO5. The lowest BCUT2D eigenvalue weighted by atomic mass is 9.79. The summed E-state index contributed by atoms with van der Waals surface area (Å²) in [7, 11) is 0. The van der Waals surface area contributed by atoms with E-state index < -0.39 is 35.7 Å². The van der Waals surface area contributed by atoms with Crippen LogP contribution in [-0.2, 0) is 27.2 Å². The number of ketones is 1. The highest BCUT2D eigenvalue weighted by atomic mass is 16.6. The number of carbonyl (C=O) groups is 3. The molecule has 0 aliphatic heterocycles. The van der Waals surface area contributed by atoms with Gasteiger partial charge in [0.05, 0.1) is 0 Å². The van der Waals surface area contributed by atoms with Gasteiger partial charge < -0.3 is 15.2 Å². The van der Waals surface area contributed by atoms with E-state index in [4.69, 9.17) is 4.74 Å². The van der Waals surface area contributed by atoms with Crippen LogP contribution in [0.15, 0.2) is 53.8 Å². The van der Waals surface area contributed by atoms with E-state index in [2.05, 4.69) is 17.4 Å². The molecule has 0 spiro atoms. The standard InChI is InChI=1S/C27H31NO5/c1-16-13-19(12-11-18-9-7-6-8-10-18)14-20-17(2)24(30)23(25(31)22(16)20)26(32)28-15-21(29)33-27(3,4)5/h6-10,13-14,17,30H,11-12,15H2,1-5H3,(H,28,32). The number of aliphatic hydroxyl groups excluding tert-OH is 1. The van der Waals surface area contributed by atoms with Crippen molar-refractivity contribution in [1.29, 1.82) is 0 Å². The van der Waals surface area contributed by atoms with Gasteiger partial charge in [-0.15, -0.1) is 0 Å². The fourth-order valence-electron chi connectivity index (χ4n) is 4.06. The van der Waals surface area contributed by atoms with E-state index in [-0.39, 0.29) is 11.3 Å². The number of ether oxygens (including phenoxy) is 1. The van der Waals surface area contributed by atoms with Crippen molar-refractivity contribution in [3.63, 3.8) is 0 Å². The van der Waals surface area contributed by atoms with Gasteiger partial charge in [0.1, 0.15) is 23.5 Å². The van der Waals surface area contributed by atoms with Gasteiger partial charge in [-0.2, -0.15) is 0 Å². The highest BCUT2D eigenvalue weighted by Gasteiger charge is 2.36. The van der Waals surface area contributed by atoms with Crippen LogP contribution in [-0.4, -0.2) is 34.9 Å². The zero-order valence-corrected chi connectivity index (χ0v) is 19.8. The number of amides is 1. The third kappa shape index (κ3) is 5.69. The van der Waals surface area contributed by atoms with Crippen LogP contribution in [0.1, 0.15) is 66.2 Å². The molecule has 6 nitrogen and oxygen atoms in total. The van der Waals surface area contributed by atoms with Crippen LogP contribution < -0.4 is 5.32 Å². The Balaban J connectivity index is 1.80. The number of hydrogen-bond acceptors (Lipinski definition) is 5. The van der Waals surface area contributed by atoms with Gasteiger partial charge in [0, 0.05) is 11.5 Å². The zero-order chi connectivity index (χ0) is 24.3. The van der Waals surface area contributed by atoms with Crippen molar-refractivity contribution in [3.8, 4) is 0 Å². The molecule has 174 valence electrons. The monoisotopic (exact) mass is 449 g/mol. The molecule has 0 saturated heterocycles. The summed E-state index contributed by atoms with van der Waals surface area (Å²) in [5.74, 6) is -2.74. The first-order chi connectivity index (χ1) is 15.5. The lowest BCUT2D eigenvalue weighted by molar-refractivity contribution is -0.154. The molecule has 1 atom stereocenters. The number of nitrogens with one attached hydrogen (secondary N) is 1. The summed E-state index contributed by atoms with van der Waals surface area (Å²) in [6, 6.07) is 14.1. The molecule has 0 bridgehead atoms. The Morgan fingerprint density at radius 2 is 1.70 bits per heavy atom. The maximum Gasteiger partial charge on any atom is 0.325 e. The van der Waals surface area contributed by atoms with Crippen molar-refractivity contribution in [1.82, 2.24) is 5.32 Å². The number of benzene rings is 2. The fourth-order valence-corrected chi connectivity index (χ4v) is 4.06. The number of hydrogen-bond donors (Lipinski definition) is 2. The van der Waals surface area contributed by atoms with Crippen molar-refractivity contribution in [2.24, 2.45) is 0 Å². The lowest BCUT2D eigenvalue weighted by Gasteiger charge is -2.26. The minimum atomic E-state index is -0.784. The van der Waals surface area contributed by atoms with Crippen LogP contribution in [0.4, 0.5) is 0 Å². The summed E-state index contributed by atoms with van der Waals surface area (Å²) in [5.41, 5.74) is 3.20. The highest BCUT2D eigenvalue weighted by molar-refractivity contribution is 6.28. The van der Waals surface area contributed by atoms with Crippen LogP contribution >= 0.6 is 0 Å². The molecule has 0 aromatic heterocycles. The molecule has 0 saturated carbocycles. The Bertz CT molecular complexity index is 1110. The van der Waals surface area contributed by atoms with Gasteiger partial charge in [-0.3, -0.25) is 14.4 Å². The Morgan fingerprint density at radius 3 is 2.33 bits per heavy atom. The molecular weight excluding hydrogens is 418 g/mol. The van der Waals surface area contributed by atoms with Crippen molar-refractivity contribution in [2.45, 2.75) is 59.0 Å². The number of Topliss-reactive ketones (excluding diaryl/α,β-unsaturated/α-hetero) is 1. The van der Waals surface area contributed by atoms with Gasteiger partial charge in [-0.05, 0) is 62.8 Å². The fraction of sp³-hybridized carbons (Fsp3) is 0.370. The highest BCUT2D eigenvalue weighted by Crippen LogP contribution is 2.37. The van der Waals surface area contributed by atoms with E-state index >= 15 is 0 Å². The Kier molecular flexibility index (Phi) is 7.06. The molecule has 1 amide bonds. The molecule has 1 aliphatic carbocycles. The average Bonchev–Trinajstić information content (AvgIpc) is 2.74. The van der Waals surface area contributed by atoms with E-state index in [0.29, 0.717) is 11.1 Å². The van der Waals surface area contributed by atoms with Crippen LogP contribution in [0.3, 0.4) is 0 Å². The maximum absolute atomic E-state index is 13.2. The number of allylic oxidation sites excluding steroid dienone is 1. The van der Waals surface area contributed by atoms with Gasteiger partial charge in [0.25, 0.3) is 5.91 Å². The molecule has 1 aliphatic rings. The SMILES string of the molecule is Cc1cc(CCc2ccccc2)cc2c1C(=O)C(C(=O)NCC(=O)OC(C)(C)C)=C(O)C2C. The number of aliphatic hydroxyl groups is 1. The first-order valence-corrected chi connectivity index (χ1v) is 11.1. The average molecular weight is 450 g/mol. The second kappa shape index (κ2) is 9.61. The number of esters is 1. The molecule has 0 fully saturated rings. The Labute approximate surface area is 194 Å². The molecule has 0 radical (unpaired) electrons. The summed E-state index contributed by atoms with van der Waals surface area (Å²) in [4.78, 5) is 37.9. The topological polar surface area (TPSA) is 92.7 Å². The predicted molar refractivity (Wildman–Crippen MR) is 126 cm³/mol. The minimum absolute atomic E-state index is 0.284. The molecule has 2 aromatic rings. The van der Waals surface area contributed by atoms with E-state index in [1.807, 2.05) is 37.3 Å². The molecule has 3 rings (SSSR count). The van der Waals surface area contributed by atoms with E-state index in [1.54, 1.807) is 27.7 Å². The summed E-state index contributed by atoms with van der Waals surface area (Å²) in [6.07, 6.45) is 1.66. The molecule has 33 heavy (non-hydrogen) atoms. The minimum Gasteiger partial charge on any atom is -0.511 e. The smallest absolute Gasteiger partial charge is 0.325 e. The van der Waals surface area contributed by atoms with Crippen molar-refractivity contribution < 1.29 is 24.2 Å². The van der Waals surface area contributed by atoms with Crippen molar-refractivity contribution in [2.75, 3.05) is 6.54 Å². The lowest BCUT2D eigenvalue weighted by Crippen LogP contribution is -2.38. The van der Waals surface area contributed by atoms with Crippen LogP contribution in [0.5, 0.6) is 0 Å². The van der Waals surface area contributed by atoms with Crippen LogP contribution in [0, 0.1) is 6.92 Å². The molecule has 2 aromatic carbocycles. The Hall–Kier alpha value is -3.41. The second-order valence-electron chi connectivity index (χ2n) is 9.44. The summed E-state index contributed by atoms with van der Waals surface area (Å²) in [5, 5.41) is 13.2. The quantitative estimate of drug-likeness (QED) is 0.505. The van der Waals surface area contributed by atoms with Gasteiger partial charge in [-0.1, -0.05) is 49.4 Å². The van der Waals surface area contributed by atoms with E-state index in [9.17, 15) is 19.5 Å². The van der Waals surface area contributed by atoms with Gasteiger partial charge >= 0.3 is 5.97 Å². The zero-order valence-electron chi connectivity index (χ0n) is 19.8. The summed E-state index contributed by atoms with van der Waals surface area (Å²) >= 11 is 0. The third-order valence-electron chi connectivity index (χ3n) is 5.60. The number of fused-ring (bicyclic) bond motifs is 1. The van der Waals surface area contributed by atoms with Crippen LogP contribution in [0.25, 0.3) is 0 Å². The molecule has 2 N–H and O–H groups in total. The van der Waals surface area contributed by atoms with Gasteiger partial charge in [0.2, 0.25) is 5.78 Å². The molecule has 1 unspecified atom stereocenters. The molecule has 0 heterocycles. The number of aryl methyl sites for hydroxylation is 3. The first-order valence-electron chi connectivity index (χ1n) is 11.1. The van der Waals surface area contributed by atoms with Crippen LogP contribution in [0.2, 0.25) is 0 Å². The normalized spacial score (nSPS) is 15.8. The second-order valence-corrected chi connectivity index (χ2v) is 9.44. The van der Waals surface area contributed by atoms with Crippen molar-refractivity contribution >= 4 is 17.7 Å². The largest absolute Gasteiger partial charge is 0.511 e. The van der Waals surface area contributed by atoms with Gasteiger partial charge in [-0.25, -0.2) is 0 Å². The predicted octanol–water partition coefficient (Wildman–Crippen LogP) is 4.35. The third-order valence-corrected chi connectivity index (χ3v) is 5.60. The number of carbonyl (C=O) groups excluding carboxylic acids is 3. The van der Waals surface area contributed by atoms with Gasteiger partial charge in [0.15, 0.2) is 0 Å². The summed E-state index contributed by atoms with van der Waals surface area (Å²) in [6.45, 7) is 8.39. The van der Waals surface area contributed by atoms with E-state index in [0.717, 1.165) is 24.0 Å². The first kappa shape index (κ1) is 24.2. The van der Waals surface area contributed by atoms with Crippen molar-refractivity contribution in [3.05, 3.63) is 81.6 Å². The summed E-state index contributed by atoms with van der Waals surface area (Å²) < 4.78 is 5.18. The van der Waals surface area contributed by atoms with E-state index in [1.165, 1.54) is 5.56 Å². The Morgan fingerprint density at radius 1 is 1.06 bits per heavy atom. The maximum atomic E-state index is 13.2. The number of rotatable bonds is 6.